The highest BCUT2D eigenvalue weighted by Gasteiger charge is 2.16. The van der Waals surface area contributed by atoms with Gasteiger partial charge in [-0.2, -0.15) is 0 Å². The summed E-state index contributed by atoms with van der Waals surface area (Å²) < 4.78 is 2.00. The molecule has 0 saturated carbocycles. The van der Waals surface area contributed by atoms with Gasteiger partial charge in [0.25, 0.3) is 0 Å². The van der Waals surface area contributed by atoms with E-state index < -0.39 is 5.97 Å². The Bertz CT molecular complexity index is 1210. The van der Waals surface area contributed by atoms with E-state index in [1.165, 1.54) is 6.08 Å². The minimum absolute atomic E-state index is 0.0234. The molecule has 4 rings (SSSR count). The molecule has 1 heterocycles. The molecule has 0 aliphatic heterocycles. The van der Waals surface area contributed by atoms with E-state index in [1.807, 2.05) is 89.6 Å². The Kier molecular flexibility index (Phi) is 5.08. The number of carboxylic acids is 1. The van der Waals surface area contributed by atoms with Crippen LogP contribution in [0.3, 0.4) is 0 Å². The molecule has 142 valence electrons. The quantitative estimate of drug-likeness (QED) is 0.371. The van der Waals surface area contributed by atoms with Crippen molar-refractivity contribution in [3.8, 4) is 5.69 Å². The smallest absolute Gasteiger partial charge is 0.328 e. The number of aliphatic carboxylic acids is 1. The summed E-state index contributed by atoms with van der Waals surface area (Å²) in [5.74, 6) is -0.984. The van der Waals surface area contributed by atoms with Crippen LogP contribution >= 0.6 is 0 Å². The number of carbonyl (C=O) groups is 2. The number of hydrogen-bond acceptors (Lipinski definition) is 2. The molecule has 29 heavy (non-hydrogen) atoms. The van der Waals surface area contributed by atoms with Gasteiger partial charge < -0.3 is 9.67 Å². The lowest BCUT2D eigenvalue weighted by Gasteiger charge is -2.05. The first-order chi connectivity index (χ1) is 14.1. The summed E-state index contributed by atoms with van der Waals surface area (Å²) >= 11 is 0. The fourth-order valence-corrected chi connectivity index (χ4v) is 3.42. The Morgan fingerprint density at radius 1 is 0.897 bits per heavy atom. The van der Waals surface area contributed by atoms with Crippen LogP contribution in [0.15, 0.2) is 91.1 Å². The van der Waals surface area contributed by atoms with Gasteiger partial charge in [-0.3, -0.25) is 4.79 Å². The first-order valence-electron chi connectivity index (χ1n) is 9.30. The summed E-state index contributed by atoms with van der Waals surface area (Å²) in [5.41, 5.74) is 4.18. The monoisotopic (exact) mass is 381 g/mol. The zero-order chi connectivity index (χ0) is 20.2. The van der Waals surface area contributed by atoms with Crippen LogP contribution in [0.2, 0.25) is 0 Å². The van der Waals surface area contributed by atoms with Crippen molar-refractivity contribution in [2.75, 3.05) is 0 Å². The summed E-state index contributed by atoms with van der Waals surface area (Å²) in [6, 6.07) is 25.1. The molecule has 0 radical (unpaired) electrons. The molecule has 1 N–H and O–H groups in total. The molecule has 0 amide bonds. The van der Waals surface area contributed by atoms with Crippen LogP contribution < -0.4 is 0 Å². The Balaban J connectivity index is 1.83. The van der Waals surface area contributed by atoms with E-state index >= 15 is 0 Å². The summed E-state index contributed by atoms with van der Waals surface area (Å²) in [6.07, 6.45) is 4.81. The summed E-state index contributed by atoms with van der Waals surface area (Å²) in [5, 5.41) is 9.71. The van der Waals surface area contributed by atoms with E-state index in [2.05, 4.69) is 0 Å². The molecule has 0 unspecified atom stereocenters. The van der Waals surface area contributed by atoms with Crippen molar-refractivity contribution in [1.29, 1.82) is 0 Å². The molecule has 0 spiro atoms. The molecule has 3 aromatic carbocycles. The van der Waals surface area contributed by atoms with E-state index in [4.69, 9.17) is 5.11 Å². The number of aromatic nitrogens is 1. The summed E-state index contributed by atoms with van der Waals surface area (Å²) in [7, 11) is 0. The predicted molar refractivity (Wildman–Crippen MR) is 114 cm³/mol. The summed E-state index contributed by atoms with van der Waals surface area (Å²) in [6.45, 7) is 0. The van der Waals surface area contributed by atoms with Crippen LogP contribution in [0, 0.1) is 0 Å². The van der Waals surface area contributed by atoms with E-state index in [0.29, 0.717) is 12.0 Å². The second kappa shape index (κ2) is 7.98. The first kappa shape index (κ1) is 18.4. The molecule has 0 bridgehead atoms. The van der Waals surface area contributed by atoms with Gasteiger partial charge in [0.2, 0.25) is 0 Å². The van der Waals surface area contributed by atoms with Gasteiger partial charge in [-0.05, 0) is 41.5 Å². The molecule has 4 aromatic rings. The van der Waals surface area contributed by atoms with Crippen molar-refractivity contribution in [3.05, 3.63) is 108 Å². The van der Waals surface area contributed by atoms with Crippen molar-refractivity contribution < 1.29 is 14.7 Å². The number of rotatable bonds is 6. The Labute approximate surface area is 168 Å². The maximum absolute atomic E-state index is 13.1. The fourth-order valence-electron chi connectivity index (χ4n) is 3.42. The number of ketones is 1. The van der Waals surface area contributed by atoms with E-state index in [1.54, 1.807) is 0 Å². The number of nitrogens with zero attached hydrogens (tertiary/aromatic N) is 1. The van der Waals surface area contributed by atoms with Crippen LogP contribution in [0.4, 0.5) is 0 Å². The maximum atomic E-state index is 13.1. The number of benzene rings is 3. The maximum Gasteiger partial charge on any atom is 0.328 e. The van der Waals surface area contributed by atoms with Crippen molar-refractivity contribution in [2.24, 2.45) is 0 Å². The average molecular weight is 381 g/mol. The zero-order valence-corrected chi connectivity index (χ0v) is 15.7. The van der Waals surface area contributed by atoms with Gasteiger partial charge in [-0.1, -0.05) is 54.6 Å². The van der Waals surface area contributed by atoms with Crippen LogP contribution in [0.5, 0.6) is 0 Å². The lowest BCUT2D eigenvalue weighted by Crippen LogP contribution is -2.03. The van der Waals surface area contributed by atoms with E-state index in [-0.39, 0.29) is 5.78 Å². The molecule has 4 nitrogen and oxygen atoms in total. The van der Waals surface area contributed by atoms with Crippen LogP contribution in [0.25, 0.3) is 22.7 Å². The fraction of sp³-hybridized carbons (Fsp3) is 0.0400. The first-order valence-corrected chi connectivity index (χ1v) is 9.30. The Hall–Kier alpha value is -3.92. The second-order valence-electron chi connectivity index (χ2n) is 6.78. The lowest BCUT2D eigenvalue weighted by atomic mass is 10.0. The van der Waals surface area contributed by atoms with Crippen LogP contribution in [-0.4, -0.2) is 21.4 Å². The second-order valence-corrected chi connectivity index (χ2v) is 6.78. The number of carboxylic acid groups (broad SMARTS) is 1. The van der Waals surface area contributed by atoms with Gasteiger partial charge in [0.15, 0.2) is 5.78 Å². The van der Waals surface area contributed by atoms with Gasteiger partial charge >= 0.3 is 5.97 Å². The number of fused-ring (bicyclic) bond motifs is 1. The van der Waals surface area contributed by atoms with Gasteiger partial charge in [0.05, 0.1) is 5.52 Å². The van der Waals surface area contributed by atoms with Crippen molar-refractivity contribution in [3.63, 3.8) is 0 Å². The lowest BCUT2D eigenvalue weighted by molar-refractivity contribution is -0.131. The largest absolute Gasteiger partial charge is 0.478 e. The molecule has 0 saturated heterocycles. The third-order valence-corrected chi connectivity index (χ3v) is 4.79. The standard InChI is InChI=1S/C25H19NO3/c27-24(16-18-7-3-1-4-8-18)22-17-26(20-9-5-2-6-10-20)23-13-11-19(15-21(22)23)12-14-25(28)29/h1-15,17H,16H2,(H,28,29). The van der Waals surface area contributed by atoms with Crippen molar-refractivity contribution >= 4 is 28.7 Å². The molecule has 1 aromatic heterocycles. The van der Waals surface area contributed by atoms with Gasteiger partial charge in [-0.25, -0.2) is 4.79 Å². The third kappa shape index (κ3) is 4.01. The molecule has 0 fully saturated rings. The molecule has 0 aliphatic rings. The van der Waals surface area contributed by atoms with Crippen molar-refractivity contribution in [2.45, 2.75) is 6.42 Å². The van der Waals surface area contributed by atoms with E-state index in [0.717, 1.165) is 33.8 Å². The number of hydrogen-bond donors (Lipinski definition) is 1. The van der Waals surface area contributed by atoms with E-state index in [9.17, 15) is 9.59 Å². The third-order valence-electron chi connectivity index (χ3n) is 4.79. The average Bonchev–Trinajstić information content (AvgIpc) is 3.12. The molecule has 0 aliphatic carbocycles. The molecule has 0 atom stereocenters. The predicted octanol–water partition coefficient (Wildman–Crippen LogP) is 5.15. The molecular formula is C25H19NO3. The molecule has 4 heteroatoms. The highest BCUT2D eigenvalue weighted by Crippen LogP contribution is 2.28. The van der Waals surface area contributed by atoms with Gasteiger partial charge in [0, 0.05) is 35.3 Å². The minimum atomic E-state index is -1.01. The van der Waals surface area contributed by atoms with Gasteiger partial charge in [-0.15, -0.1) is 0 Å². The Morgan fingerprint density at radius 2 is 1.59 bits per heavy atom. The van der Waals surface area contributed by atoms with Gasteiger partial charge in [0.1, 0.15) is 0 Å². The minimum Gasteiger partial charge on any atom is -0.478 e. The highest BCUT2D eigenvalue weighted by molar-refractivity contribution is 6.09. The van der Waals surface area contributed by atoms with Crippen LogP contribution in [-0.2, 0) is 11.2 Å². The number of para-hydroxylation sites is 1. The van der Waals surface area contributed by atoms with Crippen molar-refractivity contribution in [1.82, 2.24) is 4.57 Å². The molecular weight excluding hydrogens is 362 g/mol. The highest BCUT2D eigenvalue weighted by atomic mass is 16.4. The SMILES string of the molecule is O=C(O)C=Cc1ccc2c(c1)c(C(=O)Cc1ccccc1)cn2-c1ccccc1. The Morgan fingerprint density at radius 3 is 2.28 bits per heavy atom. The topological polar surface area (TPSA) is 59.3 Å². The zero-order valence-electron chi connectivity index (χ0n) is 15.7. The summed E-state index contributed by atoms with van der Waals surface area (Å²) in [4.78, 5) is 24.0. The van der Waals surface area contributed by atoms with Crippen LogP contribution in [0.1, 0.15) is 21.5 Å². The number of carbonyl (C=O) groups excluding carboxylic acids is 1. The normalized spacial score (nSPS) is 11.2. The number of Topliss-reactive ketones (excluding diaryl/α,β-unsaturated/α-hetero) is 1.